The lowest BCUT2D eigenvalue weighted by Gasteiger charge is -2.10. The average molecular weight is 246 g/mol. The highest BCUT2D eigenvalue weighted by molar-refractivity contribution is 5.92. The quantitative estimate of drug-likeness (QED) is 0.585. The number of rotatable bonds is 5. The summed E-state index contributed by atoms with van der Waals surface area (Å²) in [6.07, 6.45) is 8.06. The summed E-state index contributed by atoms with van der Waals surface area (Å²) in [7, 11) is 1.47. The number of carbonyl (C=O) groups is 1. The number of methoxy groups -OCH3 is 1. The fourth-order valence-electron chi connectivity index (χ4n) is 2.79. The monoisotopic (exact) mass is 246 g/mol. The van der Waals surface area contributed by atoms with E-state index in [9.17, 15) is 4.79 Å². The molecule has 2 heteroatoms. The first kappa shape index (κ1) is 13.1. The summed E-state index contributed by atoms with van der Waals surface area (Å²) >= 11 is 0. The van der Waals surface area contributed by atoms with Crippen molar-refractivity contribution in [3.63, 3.8) is 0 Å². The van der Waals surface area contributed by atoms with Gasteiger partial charge in [0.1, 0.15) is 0 Å². The van der Waals surface area contributed by atoms with E-state index in [1.165, 1.54) is 43.1 Å². The zero-order valence-electron chi connectivity index (χ0n) is 11.4. The number of fused-ring (bicyclic) bond motifs is 1. The summed E-state index contributed by atoms with van der Waals surface area (Å²) in [5, 5.41) is 0. The number of esters is 1. The van der Waals surface area contributed by atoms with Gasteiger partial charge in [-0.15, -0.1) is 0 Å². The van der Waals surface area contributed by atoms with Gasteiger partial charge in [0.2, 0.25) is 0 Å². The van der Waals surface area contributed by atoms with Gasteiger partial charge in [0.15, 0.2) is 0 Å². The zero-order valence-corrected chi connectivity index (χ0v) is 11.4. The Labute approximate surface area is 109 Å². The number of aryl methyl sites for hydroxylation is 2. The van der Waals surface area contributed by atoms with E-state index in [2.05, 4.69) is 13.0 Å². The maximum absolute atomic E-state index is 11.8. The van der Waals surface area contributed by atoms with E-state index in [0.29, 0.717) is 0 Å². The molecule has 0 aromatic heterocycles. The summed E-state index contributed by atoms with van der Waals surface area (Å²) in [4.78, 5) is 11.8. The molecule has 18 heavy (non-hydrogen) atoms. The van der Waals surface area contributed by atoms with Gasteiger partial charge in [-0.25, -0.2) is 4.79 Å². The lowest BCUT2D eigenvalue weighted by atomic mass is 9.97. The molecule has 0 aliphatic heterocycles. The Morgan fingerprint density at radius 3 is 2.83 bits per heavy atom. The maximum atomic E-state index is 11.8. The van der Waals surface area contributed by atoms with E-state index >= 15 is 0 Å². The topological polar surface area (TPSA) is 26.3 Å². The van der Waals surface area contributed by atoms with Crippen molar-refractivity contribution in [3.05, 3.63) is 34.4 Å². The molecule has 2 nitrogen and oxygen atoms in total. The van der Waals surface area contributed by atoms with E-state index in [1.807, 2.05) is 6.07 Å². The van der Waals surface area contributed by atoms with Gasteiger partial charge in [0.05, 0.1) is 12.7 Å². The zero-order chi connectivity index (χ0) is 13.0. The van der Waals surface area contributed by atoms with Crippen molar-refractivity contribution in [1.82, 2.24) is 0 Å². The van der Waals surface area contributed by atoms with Crippen molar-refractivity contribution in [3.8, 4) is 0 Å². The number of hydrogen-bond acceptors (Lipinski definition) is 2. The minimum atomic E-state index is -0.175. The van der Waals surface area contributed by atoms with Crippen LogP contribution in [0.5, 0.6) is 0 Å². The Hall–Kier alpha value is -1.31. The highest BCUT2D eigenvalue weighted by Gasteiger charge is 2.20. The fraction of sp³-hybridized carbons (Fsp3) is 0.562. The SMILES string of the molecule is CCCCCc1cc2c(c(C(=O)OC)c1)CCC2. The van der Waals surface area contributed by atoms with Gasteiger partial charge < -0.3 is 4.74 Å². The van der Waals surface area contributed by atoms with Crippen molar-refractivity contribution >= 4 is 5.97 Å². The summed E-state index contributed by atoms with van der Waals surface area (Å²) in [6, 6.07) is 4.34. The smallest absolute Gasteiger partial charge is 0.338 e. The maximum Gasteiger partial charge on any atom is 0.338 e. The molecule has 0 saturated carbocycles. The molecule has 0 N–H and O–H groups in total. The van der Waals surface area contributed by atoms with Crippen LogP contribution >= 0.6 is 0 Å². The van der Waals surface area contributed by atoms with Crippen molar-refractivity contribution in [2.24, 2.45) is 0 Å². The molecular formula is C16H22O2. The summed E-state index contributed by atoms with van der Waals surface area (Å²) < 4.78 is 4.90. The number of hydrogen-bond donors (Lipinski definition) is 0. The first-order chi connectivity index (χ1) is 8.76. The second-order valence-electron chi connectivity index (χ2n) is 5.08. The van der Waals surface area contributed by atoms with Crippen LogP contribution in [-0.4, -0.2) is 13.1 Å². The van der Waals surface area contributed by atoms with E-state index in [4.69, 9.17) is 4.74 Å². The predicted octanol–water partition coefficient (Wildman–Crippen LogP) is 3.69. The standard InChI is InChI=1S/C16H22O2/c1-3-4-5-7-12-10-13-8-6-9-14(13)15(11-12)16(17)18-2/h10-11H,3-9H2,1-2H3. The molecule has 0 bridgehead atoms. The first-order valence-corrected chi connectivity index (χ1v) is 6.99. The highest BCUT2D eigenvalue weighted by Crippen LogP contribution is 2.28. The van der Waals surface area contributed by atoms with Crippen molar-refractivity contribution < 1.29 is 9.53 Å². The van der Waals surface area contributed by atoms with E-state index in [-0.39, 0.29) is 5.97 Å². The third kappa shape index (κ3) is 2.74. The number of unbranched alkanes of at least 4 members (excludes halogenated alkanes) is 2. The van der Waals surface area contributed by atoms with Gasteiger partial charge in [-0.2, -0.15) is 0 Å². The van der Waals surface area contributed by atoms with Gasteiger partial charge >= 0.3 is 5.97 Å². The molecule has 0 fully saturated rings. The molecule has 0 atom stereocenters. The second kappa shape index (κ2) is 6.03. The lowest BCUT2D eigenvalue weighted by molar-refractivity contribution is 0.0599. The number of benzene rings is 1. The third-order valence-electron chi connectivity index (χ3n) is 3.75. The van der Waals surface area contributed by atoms with Crippen LogP contribution < -0.4 is 0 Å². The van der Waals surface area contributed by atoms with Gasteiger partial charge in [-0.05, 0) is 54.9 Å². The van der Waals surface area contributed by atoms with Crippen LogP contribution in [0.2, 0.25) is 0 Å². The molecule has 0 saturated heterocycles. The summed E-state index contributed by atoms with van der Waals surface area (Å²) in [5.41, 5.74) is 4.69. The molecule has 0 radical (unpaired) electrons. The Bertz CT molecular complexity index is 435. The molecule has 2 rings (SSSR count). The third-order valence-corrected chi connectivity index (χ3v) is 3.75. The molecule has 0 unspecified atom stereocenters. The molecule has 1 aliphatic carbocycles. The lowest BCUT2D eigenvalue weighted by Crippen LogP contribution is -2.07. The summed E-state index contributed by atoms with van der Waals surface area (Å²) in [5.74, 6) is -0.175. The minimum Gasteiger partial charge on any atom is -0.465 e. The normalized spacial score (nSPS) is 13.4. The molecule has 0 spiro atoms. The number of carbonyl (C=O) groups excluding carboxylic acids is 1. The molecular weight excluding hydrogens is 224 g/mol. The highest BCUT2D eigenvalue weighted by atomic mass is 16.5. The molecule has 98 valence electrons. The Kier molecular flexibility index (Phi) is 4.40. The van der Waals surface area contributed by atoms with Crippen LogP contribution in [0.1, 0.15) is 59.7 Å². The van der Waals surface area contributed by atoms with Crippen LogP contribution in [0, 0.1) is 0 Å². The second-order valence-corrected chi connectivity index (χ2v) is 5.08. The minimum absolute atomic E-state index is 0.175. The first-order valence-electron chi connectivity index (χ1n) is 6.99. The molecule has 0 amide bonds. The van der Waals surface area contributed by atoms with Gasteiger partial charge in [0.25, 0.3) is 0 Å². The van der Waals surface area contributed by atoms with Crippen LogP contribution in [0.3, 0.4) is 0 Å². The Balaban J connectivity index is 2.25. The predicted molar refractivity (Wildman–Crippen MR) is 73.0 cm³/mol. The van der Waals surface area contributed by atoms with Crippen LogP contribution in [0.4, 0.5) is 0 Å². The van der Waals surface area contributed by atoms with Crippen molar-refractivity contribution in [2.45, 2.75) is 51.9 Å². The fourth-order valence-corrected chi connectivity index (χ4v) is 2.79. The van der Waals surface area contributed by atoms with E-state index in [0.717, 1.165) is 31.2 Å². The van der Waals surface area contributed by atoms with Crippen LogP contribution in [0.25, 0.3) is 0 Å². The Morgan fingerprint density at radius 2 is 2.11 bits per heavy atom. The van der Waals surface area contributed by atoms with Crippen molar-refractivity contribution in [1.29, 1.82) is 0 Å². The molecule has 1 aromatic rings. The Morgan fingerprint density at radius 1 is 1.28 bits per heavy atom. The molecule has 0 heterocycles. The summed E-state index contributed by atoms with van der Waals surface area (Å²) in [6.45, 7) is 2.21. The largest absolute Gasteiger partial charge is 0.465 e. The van der Waals surface area contributed by atoms with E-state index < -0.39 is 0 Å². The molecule has 1 aliphatic rings. The van der Waals surface area contributed by atoms with Gasteiger partial charge in [-0.3, -0.25) is 0 Å². The number of ether oxygens (including phenoxy) is 1. The average Bonchev–Trinajstić information content (AvgIpc) is 2.85. The van der Waals surface area contributed by atoms with E-state index in [1.54, 1.807) is 0 Å². The van der Waals surface area contributed by atoms with Crippen molar-refractivity contribution in [2.75, 3.05) is 7.11 Å². The van der Waals surface area contributed by atoms with Crippen LogP contribution in [-0.2, 0) is 24.0 Å². The van der Waals surface area contributed by atoms with Gasteiger partial charge in [0, 0.05) is 0 Å². The molecule has 1 aromatic carbocycles. The van der Waals surface area contributed by atoms with Gasteiger partial charge in [-0.1, -0.05) is 25.8 Å². The van der Waals surface area contributed by atoms with Crippen LogP contribution in [0.15, 0.2) is 12.1 Å².